The minimum absolute atomic E-state index is 0.126. The zero-order chi connectivity index (χ0) is 10.4. The molecule has 0 saturated carbocycles. The minimum Gasteiger partial charge on any atom is -0.492 e. The summed E-state index contributed by atoms with van der Waals surface area (Å²) in [7, 11) is 0. The SMILES string of the molecule is O=C(O)CCCOc1cncc(Br)c1. The van der Waals surface area contributed by atoms with Crippen molar-refractivity contribution in [3.8, 4) is 5.75 Å². The molecule has 0 fully saturated rings. The molecule has 0 aliphatic rings. The maximum Gasteiger partial charge on any atom is 0.303 e. The van der Waals surface area contributed by atoms with Gasteiger partial charge in [-0.25, -0.2) is 0 Å². The highest BCUT2D eigenvalue weighted by molar-refractivity contribution is 9.10. The number of hydrogen-bond donors (Lipinski definition) is 1. The summed E-state index contributed by atoms with van der Waals surface area (Å²) >= 11 is 3.26. The molecule has 0 atom stereocenters. The van der Waals surface area contributed by atoms with Gasteiger partial charge in [-0.3, -0.25) is 9.78 Å². The fourth-order valence-corrected chi connectivity index (χ4v) is 1.23. The third kappa shape index (κ3) is 4.23. The van der Waals surface area contributed by atoms with Crippen LogP contribution in [0, 0.1) is 0 Å². The summed E-state index contributed by atoms with van der Waals surface area (Å²) in [5.41, 5.74) is 0. The number of nitrogens with zero attached hydrogens (tertiary/aromatic N) is 1. The second-order valence-corrected chi connectivity index (χ2v) is 3.60. The summed E-state index contributed by atoms with van der Waals surface area (Å²) in [6.45, 7) is 0.393. The summed E-state index contributed by atoms with van der Waals surface area (Å²) in [4.78, 5) is 14.1. The van der Waals surface area contributed by atoms with E-state index >= 15 is 0 Å². The van der Waals surface area contributed by atoms with Crippen LogP contribution in [0.15, 0.2) is 22.9 Å². The van der Waals surface area contributed by atoms with Gasteiger partial charge in [0.2, 0.25) is 0 Å². The molecule has 1 heterocycles. The molecule has 0 aromatic carbocycles. The predicted molar refractivity (Wildman–Crippen MR) is 54.3 cm³/mol. The molecule has 1 aromatic rings. The summed E-state index contributed by atoms with van der Waals surface area (Å²) in [6, 6.07) is 1.79. The smallest absolute Gasteiger partial charge is 0.303 e. The molecule has 14 heavy (non-hydrogen) atoms. The van der Waals surface area contributed by atoms with Crippen LogP contribution in [0.3, 0.4) is 0 Å². The van der Waals surface area contributed by atoms with E-state index in [0.717, 1.165) is 4.47 Å². The van der Waals surface area contributed by atoms with Crippen molar-refractivity contribution < 1.29 is 14.6 Å². The molecule has 0 aliphatic heterocycles. The predicted octanol–water partition coefficient (Wildman–Crippen LogP) is 2.09. The molecule has 0 unspecified atom stereocenters. The number of carbonyl (C=O) groups is 1. The lowest BCUT2D eigenvalue weighted by Crippen LogP contribution is -2.02. The monoisotopic (exact) mass is 259 g/mol. The van der Waals surface area contributed by atoms with Crippen LogP contribution >= 0.6 is 15.9 Å². The normalized spacial score (nSPS) is 9.79. The van der Waals surface area contributed by atoms with Crippen molar-refractivity contribution in [3.05, 3.63) is 22.9 Å². The van der Waals surface area contributed by atoms with Gasteiger partial charge < -0.3 is 9.84 Å². The Balaban J connectivity index is 2.28. The number of aliphatic carboxylic acids is 1. The second-order valence-electron chi connectivity index (χ2n) is 2.68. The van der Waals surface area contributed by atoms with E-state index in [2.05, 4.69) is 20.9 Å². The van der Waals surface area contributed by atoms with Crippen molar-refractivity contribution in [3.63, 3.8) is 0 Å². The quantitative estimate of drug-likeness (QED) is 0.823. The molecule has 1 N–H and O–H groups in total. The maximum absolute atomic E-state index is 10.2. The first-order valence-corrected chi connectivity index (χ1v) is 4.93. The lowest BCUT2D eigenvalue weighted by molar-refractivity contribution is -0.137. The van der Waals surface area contributed by atoms with Gasteiger partial charge in [0.15, 0.2) is 0 Å². The Hall–Kier alpha value is -1.10. The lowest BCUT2D eigenvalue weighted by atomic mass is 10.3. The molecule has 76 valence electrons. The Morgan fingerprint density at radius 3 is 3.00 bits per heavy atom. The minimum atomic E-state index is -0.805. The van der Waals surface area contributed by atoms with E-state index in [-0.39, 0.29) is 6.42 Å². The van der Waals surface area contributed by atoms with Gasteiger partial charge in [-0.2, -0.15) is 0 Å². The Morgan fingerprint density at radius 2 is 2.36 bits per heavy atom. The molecule has 0 amide bonds. The van der Waals surface area contributed by atoms with E-state index in [9.17, 15) is 4.79 Å². The molecule has 0 bridgehead atoms. The van der Waals surface area contributed by atoms with Gasteiger partial charge in [0.05, 0.1) is 12.8 Å². The molecular formula is C9H10BrNO3. The van der Waals surface area contributed by atoms with Gasteiger partial charge in [-0.05, 0) is 28.4 Å². The summed E-state index contributed by atoms with van der Waals surface area (Å²) in [5.74, 6) is -0.161. The first kappa shape index (κ1) is 11.0. The van der Waals surface area contributed by atoms with E-state index in [1.54, 1.807) is 18.5 Å². The maximum atomic E-state index is 10.2. The number of rotatable bonds is 5. The molecule has 5 heteroatoms. The summed E-state index contributed by atoms with van der Waals surface area (Å²) in [5, 5.41) is 8.38. The Bertz CT molecular complexity index is 317. The van der Waals surface area contributed by atoms with Crippen LogP contribution in [-0.2, 0) is 4.79 Å². The summed E-state index contributed by atoms with van der Waals surface area (Å²) < 4.78 is 6.12. The van der Waals surface area contributed by atoms with Crippen LogP contribution in [0.5, 0.6) is 5.75 Å². The van der Waals surface area contributed by atoms with E-state index < -0.39 is 5.97 Å². The topological polar surface area (TPSA) is 59.4 Å². The molecule has 0 spiro atoms. The van der Waals surface area contributed by atoms with Crippen LogP contribution in [-0.4, -0.2) is 22.7 Å². The van der Waals surface area contributed by atoms with Gasteiger partial charge >= 0.3 is 5.97 Å². The Kier molecular flexibility index (Phi) is 4.39. The van der Waals surface area contributed by atoms with Crippen molar-refractivity contribution in [1.82, 2.24) is 4.98 Å². The fourth-order valence-electron chi connectivity index (χ4n) is 0.885. The van der Waals surface area contributed by atoms with Crippen LogP contribution in [0.2, 0.25) is 0 Å². The molecule has 0 radical (unpaired) electrons. The molecule has 4 nitrogen and oxygen atoms in total. The van der Waals surface area contributed by atoms with E-state index in [4.69, 9.17) is 9.84 Å². The van der Waals surface area contributed by atoms with Gasteiger partial charge in [-0.15, -0.1) is 0 Å². The fraction of sp³-hybridized carbons (Fsp3) is 0.333. The van der Waals surface area contributed by atoms with Gasteiger partial charge in [-0.1, -0.05) is 0 Å². The van der Waals surface area contributed by atoms with Crippen LogP contribution in [0.1, 0.15) is 12.8 Å². The Labute approximate surface area is 90.0 Å². The zero-order valence-electron chi connectivity index (χ0n) is 7.44. The highest BCUT2D eigenvalue weighted by atomic mass is 79.9. The number of hydrogen-bond acceptors (Lipinski definition) is 3. The number of carboxylic acids is 1. The van der Waals surface area contributed by atoms with E-state index in [1.807, 2.05) is 0 Å². The molecule has 1 aromatic heterocycles. The molecule has 0 aliphatic carbocycles. The van der Waals surface area contributed by atoms with Gasteiger partial charge in [0.25, 0.3) is 0 Å². The standard InChI is InChI=1S/C9H10BrNO3/c10-7-4-8(6-11-5-7)14-3-1-2-9(12)13/h4-6H,1-3H2,(H,12,13). The number of carboxylic acid groups (broad SMARTS) is 1. The third-order valence-corrected chi connectivity index (χ3v) is 1.92. The zero-order valence-corrected chi connectivity index (χ0v) is 9.03. The average Bonchev–Trinajstić information content (AvgIpc) is 2.12. The van der Waals surface area contributed by atoms with Gasteiger partial charge in [0, 0.05) is 17.1 Å². The van der Waals surface area contributed by atoms with Crippen LogP contribution < -0.4 is 4.74 Å². The molecule has 1 rings (SSSR count). The second kappa shape index (κ2) is 5.59. The number of aromatic nitrogens is 1. The Morgan fingerprint density at radius 1 is 1.57 bits per heavy atom. The van der Waals surface area contributed by atoms with Crippen molar-refractivity contribution in [2.75, 3.05) is 6.61 Å². The van der Waals surface area contributed by atoms with E-state index in [1.165, 1.54) is 0 Å². The third-order valence-electron chi connectivity index (χ3n) is 1.48. The average molecular weight is 260 g/mol. The van der Waals surface area contributed by atoms with E-state index in [0.29, 0.717) is 18.8 Å². The lowest BCUT2D eigenvalue weighted by Gasteiger charge is -2.04. The molecular weight excluding hydrogens is 250 g/mol. The number of halogens is 1. The summed E-state index contributed by atoms with van der Waals surface area (Å²) in [6.07, 6.45) is 3.87. The number of pyridine rings is 1. The first-order chi connectivity index (χ1) is 6.68. The largest absolute Gasteiger partial charge is 0.492 e. The van der Waals surface area contributed by atoms with Crippen LogP contribution in [0.4, 0.5) is 0 Å². The highest BCUT2D eigenvalue weighted by Crippen LogP contribution is 2.15. The van der Waals surface area contributed by atoms with Crippen molar-refractivity contribution in [2.45, 2.75) is 12.8 Å². The van der Waals surface area contributed by atoms with Crippen molar-refractivity contribution in [2.24, 2.45) is 0 Å². The first-order valence-electron chi connectivity index (χ1n) is 4.13. The van der Waals surface area contributed by atoms with Gasteiger partial charge in [0.1, 0.15) is 5.75 Å². The molecule has 0 saturated heterocycles. The highest BCUT2D eigenvalue weighted by Gasteiger charge is 1.98. The number of ether oxygens (including phenoxy) is 1. The van der Waals surface area contributed by atoms with Crippen molar-refractivity contribution >= 4 is 21.9 Å². The van der Waals surface area contributed by atoms with Crippen molar-refractivity contribution in [1.29, 1.82) is 0 Å². The van der Waals surface area contributed by atoms with Crippen LogP contribution in [0.25, 0.3) is 0 Å².